The molecule has 0 saturated heterocycles. The second-order valence-corrected chi connectivity index (χ2v) is 5.96. The summed E-state index contributed by atoms with van der Waals surface area (Å²) in [5, 5.41) is 12.0. The Morgan fingerprint density at radius 3 is 2.76 bits per heavy atom. The summed E-state index contributed by atoms with van der Waals surface area (Å²) < 4.78 is 15.8. The molecule has 7 heteroatoms. The smallest absolute Gasteiger partial charge is 0.305 e. The van der Waals surface area contributed by atoms with Crippen molar-refractivity contribution in [2.75, 3.05) is 6.79 Å². The number of furan rings is 1. The zero-order chi connectivity index (χ0) is 17.8. The summed E-state index contributed by atoms with van der Waals surface area (Å²) in [6.07, 6.45) is 1.78. The number of aliphatic carboxylic acids is 1. The van der Waals surface area contributed by atoms with Crippen LogP contribution in [0.15, 0.2) is 41.0 Å². The number of carboxylic acid groups (broad SMARTS) is 1. The highest BCUT2D eigenvalue weighted by atomic mass is 16.7. The number of benzene rings is 1. The monoisotopic (exact) mass is 345 g/mol. The van der Waals surface area contributed by atoms with Crippen LogP contribution in [0.3, 0.4) is 0 Å². The summed E-state index contributed by atoms with van der Waals surface area (Å²) >= 11 is 0. The molecule has 2 N–H and O–H groups in total. The van der Waals surface area contributed by atoms with Gasteiger partial charge in [0, 0.05) is 12.3 Å². The maximum Gasteiger partial charge on any atom is 0.305 e. The lowest BCUT2D eigenvalue weighted by molar-refractivity contribution is -0.138. The molecule has 0 radical (unpaired) electrons. The molecule has 2 atom stereocenters. The Morgan fingerprint density at radius 2 is 2.04 bits per heavy atom. The number of nitrogens with one attached hydrogen (secondary N) is 1. The van der Waals surface area contributed by atoms with Gasteiger partial charge in [-0.3, -0.25) is 9.59 Å². The van der Waals surface area contributed by atoms with Crippen molar-refractivity contribution in [2.24, 2.45) is 5.92 Å². The fraction of sp³-hybridized carbons (Fsp3) is 0.333. The van der Waals surface area contributed by atoms with Gasteiger partial charge < -0.3 is 24.3 Å². The molecule has 2 aromatic rings. The third-order valence-corrected chi connectivity index (χ3v) is 4.03. The highest BCUT2D eigenvalue weighted by Crippen LogP contribution is 2.34. The quantitative estimate of drug-likeness (QED) is 0.800. The largest absolute Gasteiger partial charge is 0.481 e. The van der Waals surface area contributed by atoms with Gasteiger partial charge in [0.1, 0.15) is 5.76 Å². The first-order chi connectivity index (χ1) is 12.0. The molecule has 1 aliphatic heterocycles. The van der Waals surface area contributed by atoms with Crippen LogP contribution >= 0.6 is 0 Å². The van der Waals surface area contributed by atoms with E-state index in [0.717, 1.165) is 0 Å². The van der Waals surface area contributed by atoms with Crippen molar-refractivity contribution in [2.45, 2.75) is 25.8 Å². The van der Waals surface area contributed by atoms with Gasteiger partial charge in [-0.15, -0.1) is 0 Å². The van der Waals surface area contributed by atoms with Gasteiger partial charge in [-0.05, 0) is 29.8 Å². The van der Waals surface area contributed by atoms with Gasteiger partial charge in [-0.2, -0.15) is 0 Å². The van der Waals surface area contributed by atoms with Gasteiger partial charge >= 0.3 is 5.97 Å². The van der Waals surface area contributed by atoms with Gasteiger partial charge in [0.25, 0.3) is 0 Å². The second kappa shape index (κ2) is 7.29. The molecule has 1 amide bonds. The SMILES string of the molecule is C[C@H](Cc1ccco1)C(=O)N[C@H](CC(=O)O)c1ccc2c(c1)OCO2. The van der Waals surface area contributed by atoms with E-state index in [1.165, 1.54) is 0 Å². The number of ether oxygens (including phenoxy) is 2. The maximum atomic E-state index is 12.5. The standard InChI is InChI=1S/C18H19NO6/c1-11(7-13-3-2-6-23-13)18(22)19-14(9-17(20)21)12-4-5-15-16(8-12)25-10-24-15/h2-6,8,11,14H,7,9-10H2,1H3,(H,19,22)(H,20,21)/t11-,14-/m1/s1. The minimum absolute atomic E-state index is 0.134. The number of carbonyl (C=O) groups excluding carboxylic acids is 1. The van der Waals surface area contributed by atoms with Crippen LogP contribution in [0.2, 0.25) is 0 Å². The molecule has 1 aliphatic rings. The average Bonchev–Trinajstić information content (AvgIpc) is 3.24. The molecule has 0 bridgehead atoms. The molecule has 132 valence electrons. The van der Waals surface area contributed by atoms with Crippen molar-refractivity contribution in [1.29, 1.82) is 0 Å². The highest BCUT2D eigenvalue weighted by Gasteiger charge is 2.24. The zero-order valence-electron chi connectivity index (χ0n) is 13.7. The lowest BCUT2D eigenvalue weighted by Gasteiger charge is -2.20. The molecule has 1 aromatic heterocycles. The second-order valence-electron chi connectivity index (χ2n) is 5.96. The number of amides is 1. The summed E-state index contributed by atoms with van der Waals surface area (Å²) in [5.41, 5.74) is 0.658. The van der Waals surface area contributed by atoms with Crippen molar-refractivity contribution in [3.8, 4) is 11.5 Å². The predicted molar refractivity (Wildman–Crippen MR) is 87.3 cm³/mol. The number of hydrogen-bond acceptors (Lipinski definition) is 5. The summed E-state index contributed by atoms with van der Waals surface area (Å²) in [6.45, 7) is 1.91. The van der Waals surface area contributed by atoms with Crippen molar-refractivity contribution in [3.63, 3.8) is 0 Å². The predicted octanol–water partition coefficient (Wildman–Crippen LogP) is 2.52. The molecule has 2 heterocycles. The number of hydrogen-bond donors (Lipinski definition) is 2. The van der Waals surface area contributed by atoms with Crippen molar-refractivity contribution < 1.29 is 28.6 Å². The Kier molecular flexibility index (Phi) is 4.92. The lowest BCUT2D eigenvalue weighted by Crippen LogP contribution is -2.34. The Hall–Kier alpha value is -2.96. The Bertz CT molecular complexity index is 755. The molecule has 0 spiro atoms. The van der Waals surface area contributed by atoms with E-state index in [1.54, 1.807) is 43.5 Å². The third-order valence-electron chi connectivity index (χ3n) is 4.03. The molecule has 1 aromatic carbocycles. The van der Waals surface area contributed by atoms with Crippen LogP contribution in [0, 0.1) is 5.92 Å². The summed E-state index contributed by atoms with van der Waals surface area (Å²) in [7, 11) is 0. The van der Waals surface area contributed by atoms with Crippen LogP contribution < -0.4 is 14.8 Å². The molecule has 7 nitrogen and oxygen atoms in total. The fourth-order valence-corrected chi connectivity index (χ4v) is 2.69. The molecular weight excluding hydrogens is 326 g/mol. The van der Waals surface area contributed by atoms with Gasteiger partial charge in [0.2, 0.25) is 12.7 Å². The van der Waals surface area contributed by atoms with Gasteiger partial charge in [-0.1, -0.05) is 13.0 Å². The van der Waals surface area contributed by atoms with Crippen LogP contribution in [0.1, 0.15) is 30.7 Å². The molecule has 0 saturated carbocycles. The topological polar surface area (TPSA) is 98.0 Å². The molecule has 0 unspecified atom stereocenters. The number of carbonyl (C=O) groups is 2. The average molecular weight is 345 g/mol. The van der Waals surface area contributed by atoms with Gasteiger partial charge in [0.15, 0.2) is 11.5 Å². The van der Waals surface area contributed by atoms with Crippen LogP contribution in [0.5, 0.6) is 11.5 Å². The Labute approximate surface area is 144 Å². The zero-order valence-corrected chi connectivity index (χ0v) is 13.7. The fourth-order valence-electron chi connectivity index (χ4n) is 2.69. The first kappa shape index (κ1) is 16.9. The Morgan fingerprint density at radius 1 is 1.24 bits per heavy atom. The summed E-state index contributed by atoms with van der Waals surface area (Å²) in [5.74, 6) is 0.278. The number of carboxylic acids is 1. The van der Waals surface area contributed by atoms with E-state index in [4.69, 9.17) is 13.9 Å². The van der Waals surface area contributed by atoms with E-state index >= 15 is 0 Å². The van der Waals surface area contributed by atoms with Crippen LogP contribution in [-0.2, 0) is 16.0 Å². The van der Waals surface area contributed by atoms with E-state index in [9.17, 15) is 14.7 Å². The van der Waals surface area contributed by atoms with E-state index in [-0.39, 0.29) is 25.0 Å². The normalized spacial score (nSPS) is 14.8. The van der Waals surface area contributed by atoms with Crippen molar-refractivity contribution >= 4 is 11.9 Å². The minimum Gasteiger partial charge on any atom is -0.481 e. The summed E-state index contributed by atoms with van der Waals surface area (Å²) in [4.78, 5) is 23.7. The van der Waals surface area contributed by atoms with Crippen molar-refractivity contribution in [1.82, 2.24) is 5.32 Å². The maximum absolute atomic E-state index is 12.5. The van der Waals surface area contributed by atoms with E-state index in [0.29, 0.717) is 29.2 Å². The minimum atomic E-state index is -0.998. The Balaban J connectivity index is 1.72. The van der Waals surface area contributed by atoms with Crippen LogP contribution in [0.4, 0.5) is 0 Å². The molecular formula is C18H19NO6. The first-order valence-corrected chi connectivity index (χ1v) is 7.97. The van der Waals surface area contributed by atoms with Crippen molar-refractivity contribution in [3.05, 3.63) is 47.9 Å². The third kappa shape index (κ3) is 4.12. The van der Waals surface area contributed by atoms with Crippen LogP contribution in [0.25, 0.3) is 0 Å². The molecule has 0 fully saturated rings. The number of rotatable bonds is 7. The lowest BCUT2D eigenvalue weighted by atomic mass is 10.00. The van der Waals surface area contributed by atoms with Gasteiger partial charge in [-0.25, -0.2) is 0 Å². The molecule has 25 heavy (non-hydrogen) atoms. The summed E-state index contributed by atoms with van der Waals surface area (Å²) in [6, 6.07) is 8.06. The highest BCUT2D eigenvalue weighted by molar-refractivity contribution is 5.80. The van der Waals surface area contributed by atoms with E-state index < -0.39 is 12.0 Å². The molecule has 0 aliphatic carbocycles. The number of fused-ring (bicyclic) bond motifs is 1. The first-order valence-electron chi connectivity index (χ1n) is 7.97. The van der Waals surface area contributed by atoms with Crippen LogP contribution in [-0.4, -0.2) is 23.8 Å². The van der Waals surface area contributed by atoms with E-state index in [2.05, 4.69) is 5.32 Å². The van der Waals surface area contributed by atoms with E-state index in [1.807, 2.05) is 0 Å². The molecule has 3 rings (SSSR count). The van der Waals surface area contributed by atoms with Gasteiger partial charge in [0.05, 0.1) is 18.7 Å².